The van der Waals surface area contributed by atoms with Crippen LogP contribution in [-0.4, -0.2) is 53.8 Å². The number of ether oxygens (including phenoxy) is 1. The molecule has 0 atom stereocenters. The third-order valence-corrected chi connectivity index (χ3v) is 5.51. The van der Waals surface area contributed by atoms with Crippen molar-refractivity contribution < 1.29 is 18.7 Å². The number of benzene rings is 2. The summed E-state index contributed by atoms with van der Waals surface area (Å²) in [7, 11) is 0. The lowest BCUT2D eigenvalue weighted by molar-refractivity contribution is -0.135. The fourth-order valence-electron chi connectivity index (χ4n) is 3.88. The molecule has 1 fully saturated rings. The Morgan fingerprint density at radius 3 is 2.69 bits per heavy atom. The largest absolute Gasteiger partial charge is 0.451 e. The van der Waals surface area contributed by atoms with Crippen LogP contribution in [-0.2, 0) is 16.1 Å². The molecule has 2 aromatic heterocycles. The first-order chi connectivity index (χ1) is 15.7. The lowest BCUT2D eigenvalue weighted by Crippen LogP contribution is -2.42. The molecule has 32 heavy (non-hydrogen) atoms. The van der Waals surface area contributed by atoms with Crippen LogP contribution in [0.2, 0.25) is 0 Å². The molecule has 1 saturated heterocycles. The van der Waals surface area contributed by atoms with Gasteiger partial charge in [-0.2, -0.15) is 5.10 Å². The van der Waals surface area contributed by atoms with E-state index in [1.807, 2.05) is 64.2 Å². The molecule has 3 heterocycles. The number of para-hydroxylation sites is 2. The summed E-state index contributed by atoms with van der Waals surface area (Å²) in [6.07, 6.45) is 3.46. The van der Waals surface area contributed by atoms with Crippen LogP contribution in [0.5, 0.6) is 0 Å². The van der Waals surface area contributed by atoms with E-state index >= 15 is 0 Å². The first-order valence-corrected chi connectivity index (χ1v) is 10.4. The van der Waals surface area contributed by atoms with Gasteiger partial charge in [0.1, 0.15) is 12.1 Å². The molecule has 2 aromatic carbocycles. The van der Waals surface area contributed by atoms with E-state index in [1.165, 1.54) is 0 Å². The number of amides is 2. The van der Waals surface area contributed by atoms with Crippen molar-refractivity contribution in [2.24, 2.45) is 5.10 Å². The smallest absolute Gasteiger partial charge is 0.307 e. The van der Waals surface area contributed by atoms with Crippen LogP contribution in [0.25, 0.3) is 21.9 Å². The summed E-state index contributed by atoms with van der Waals surface area (Å²) < 4.78 is 12.8. The minimum absolute atomic E-state index is 0.0516. The predicted octanol–water partition coefficient (Wildman–Crippen LogP) is 3.01. The lowest BCUT2D eigenvalue weighted by atomic mass is 10.2. The fourth-order valence-corrected chi connectivity index (χ4v) is 3.88. The van der Waals surface area contributed by atoms with Gasteiger partial charge in [-0.25, -0.2) is 5.43 Å². The summed E-state index contributed by atoms with van der Waals surface area (Å²) in [6.45, 7) is 2.60. The zero-order valence-electron chi connectivity index (χ0n) is 17.4. The molecule has 1 aliphatic heterocycles. The number of furan rings is 1. The number of hydrogen-bond donors (Lipinski definition) is 1. The van der Waals surface area contributed by atoms with Crippen LogP contribution >= 0.6 is 0 Å². The average molecular weight is 430 g/mol. The number of nitrogens with zero attached hydrogens (tertiary/aromatic N) is 3. The van der Waals surface area contributed by atoms with Crippen LogP contribution in [0.4, 0.5) is 0 Å². The van der Waals surface area contributed by atoms with Crippen molar-refractivity contribution in [1.82, 2.24) is 14.9 Å². The highest BCUT2D eigenvalue weighted by Crippen LogP contribution is 2.21. The van der Waals surface area contributed by atoms with Crippen LogP contribution in [0, 0.1) is 0 Å². The zero-order valence-corrected chi connectivity index (χ0v) is 17.4. The molecule has 1 aliphatic rings. The van der Waals surface area contributed by atoms with E-state index < -0.39 is 5.91 Å². The second-order valence-electron chi connectivity index (χ2n) is 7.57. The van der Waals surface area contributed by atoms with Crippen molar-refractivity contribution in [1.29, 1.82) is 0 Å². The Bertz CT molecular complexity index is 1280. The third-order valence-electron chi connectivity index (χ3n) is 5.51. The molecule has 0 unspecified atom stereocenters. The van der Waals surface area contributed by atoms with E-state index in [1.54, 1.807) is 12.3 Å². The quantitative estimate of drug-likeness (QED) is 0.389. The number of nitrogens with one attached hydrogen (secondary N) is 1. The molecular formula is C24H22N4O4. The second-order valence-corrected chi connectivity index (χ2v) is 7.57. The summed E-state index contributed by atoms with van der Waals surface area (Å²) in [4.78, 5) is 26.9. The SMILES string of the molecule is O=C(N/N=C/c1cn(CC(=O)N2CCOCC2)c2ccccc12)c1cc2ccccc2o1. The highest BCUT2D eigenvalue weighted by atomic mass is 16.5. The number of hydrazone groups is 1. The van der Waals surface area contributed by atoms with Gasteiger partial charge < -0.3 is 18.6 Å². The van der Waals surface area contributed by atoms with Crippen LogP contribution in [0.15, 0.2) is 70.3 Å². The predicted molar refractivity (Wildman–Crippen MR) is 121 cm³/mol. The molecule has 0 saturated carbocycles. The number of aromatic nitrogens is 1. The topological polar surface area (TPSA) is 89.1 Å². The minimum atomic E-state index is -0.427. The maximum Gasteiger partial charge on any atom is 0.307 e. The molecule has 2 amide bonds. The summed E-state index contributed by atoms with van der Waals surface area (Å²) in [6, 6.07) is 16.9. The Morgan fingerprint density at radius 2 is 1.84 bits per heavy atom. The zero-order chi connectivity index (χ0) is 21.9. The van der Waals surface area contributed by atoms with Gasteiger partial charge in [0.2, 0.25) is 5.91 Å². The van der Waals surface area contributed by atoms with Crippen molar-refractivity contribution in [3.8, 4) is 0 Å². The van der Waals surface area contributed by atoms with Gasteiger partial charge in [-0.15, -0.1) is 0 Å². The van der Waals surface area contributed by atoms with Crippen LogP contribution in [0.3, 0.4) is 0 Å². The Balaban J connectivity index is 1.33. The Kier molecular flexibility index (Phi) is 5.43. The van der Waals surface area contributed by atoms with E-state index in [9.17, 15) is 9.59 Å². The molecule has 8 heteroatoms. The number of hydrogen-bond acceptors (Lipinski definition) is 5. The summed E-state index contributed by atoms with van der Waals surface area (Å²) in [5, 5.41) is 5.92. The molecule has 8 nitrogen and oxygen atoms in total. The summed E-state index contributed by atoms with van der Waals surface area (Å²) in [5.41, 5.74) is 4.90. The van der Waals surface area contributed by atoms with Crippen molar-refractivity contribution in [2.75, 3.05) is 26.3 Å². The Hall–Kier alpha value is -3.91. The Morgan fingerprint density at radius 1 is 1.06 bits per heavy atom. The monoisotopic (exact) mass is 430 g/mol. The molecule has 5 rings (SSSR count). The second kappa shape index (κ2) is 8.68. The Labute approximate surface area is 184 Å². The molecule has 1 N–H and O–H groups in total. The average Bonchev–Trinajstić information content (AvgIpc) is 3.42. The molecule has 162 valence electrons. The van der Waals surface area contributed by atoms with Crippen LogP contribution < -0.4 is 5.43 Å². The van der Waals surface area contributed by atoms with Gasteiger partial charge in [-0.3, -0.25) is 9.59 Å². The van der Waals surface area contributed by atoms with Gasteiger partial charge in [0.25, 0.3) is 0 Å². The standard InChI is InChI=1S/C24H22N4O4/c29-23(27-9-11-31-12-10-27)16-28-15-18(19-6-2-3-7-20(19)28)14-25-26-24(30)22-13-17-5-1-4-8-21(17)32-22/h1-8,13-15H,9-12,16H2,(H,26,30)/b25-14+. The first-order valence-electron chi connectivity index (χ1n) is 10.4. The highest BCUT2D eigenvalue weighted by molar-refractivity contribution is 6.01. The maximum atomic E-state index is 12.7. The van der Waals surface area contributed by atoms with Gasteiger partial charge in [-0.1, -0.05) is 36.4 Å². The summed E-state index contributed by atoms with van der Waals surface area (Å²) in [5.74, 6) is -0.179. The van der Waals surface area contributed by atoms with E-state index in [0.29, 0.717) is 31.9 Å². The van der Waals surface area contributed by atoms with Gasteiger partial charge in [0.05, 0.1) is 19.4 Å². The van der Waals surface area contributed by atoms with Crippen molar-refractivity contribution >= 4 is 39.9 Å². The van der Waals surface area contributed by atoms with E-state index in [0.717, 1.165) is 21.9 Å². The van der Waals surface area contributed by atoms with E-state index in [-0.39, 0.29) is 18.2 Å². The molecule has 0 spiro atoms. The highest BCUT2D eigenvalue weighted by Gasteiger charge is 2.18. The van der Waals surface area contributed by atoms with Crippen LogP contribution in [0.1, 0.15) is 16.1 Å². The first kappa shape index (κ1) is 20.0. The lowest BCUT2D eigenvalue weighted by Gasteiger charge is -2.27. The molecule has 0 radical (unpaired) electrons. The normalized spacial score (nSPS) is 14.4. The molecular weight excluding hydrogens is 408 g/mol. The third kappa shape index (κ3) is 4.00. The van der Waals surface area contributed by atoms with Crippen molar-refractivity contribution in [3.63, 3.8) is 0 Å². The number of fused-ring (bicyclic) bond motifs is 2. The number of carbonyl (C=O) groups is 2. The number of carbonyl (C=O) groups excluding carboxylic acids is 2. The molecule has 4 aromatic rings. The van der Waals surface area contributed by atoms with Gasteiger partial charge in [0.15, 0.2) is 5.76 Å². The van der Waals surface area contributed by atoms with Gasteiger partial charge in [-0.05, 0) is 18.2 Å². The van der Waals surface area contributed by atoms with Gasteiger partial charge >= 0.3 is 5.91 Å². The van der Waals surface area contributed by atoms with E-state index in [2.05, 4.69) is 10.5 Å². The van der Waals surface area contributed by atoms with E-state index in [4.69, 9.17) is 9.15 Å². The summed E-state index contributed by atoms with van der Waals surface area (Å²) >= 11 is 0. The molecule has 0 aliphatic carbocycles. The van der Waals surface area contributed by atoms with Crippen molar-refractivity contribution in [3.05, 3.63) is 72.1 Å². The maximum absolute atomic E-state index is 12.7. The molecule has 0 bridgehead atoms. The van der Waals surface area contributed by atoms with Gasteiger partial charge in [0, 0.05) is 41.1 Å². The minimum Gasteiger partial charge on any atom is -0.451 e. The van der Waals surface area contributed by atoms with Crippen molar-refractivity contribution in [2.45, 2.75) is 6.54 Å². The number of morpholine rings is 1. The number of rotatable bonds is 5. The fraction of sp³-hybridized carbons (Fsp3) is 0.208.